The number of nitrogens with zero attached hydrogens (tertiary/aromatic N) is 6. The van der Waals surface area contributed by atoms with Gasteiger partial charge in [-0.2, -0.15) is 5.10 Å². The molecule has 0 saturated heterocycles. The molecule has 0 aliphatic carbocycles. The Morgan fingerprint density at radius 1 is 0.840 bits per heavy atom. The highest BCUT2D eigenvalue weighted by molar-refractivity contribution is 9.10. The molecule has 5 aromatic rings. The highest BCUT2D eigenvalue weighted by atomic mass is 79.9. The Labute approximate surface area is 150 Å². The third kappa shape index (κ3) is 2.24. The number of fused-ring (bicyclic) bond motifs is 3. The number of para-hydroxylation sites is 1. The second-order valence-corrected chi connectivity index (χ2v) is 6.51. The number of hydrogen-bond acceptors (Lipinski definition) is 4. The Bertz CT molecular complexity index is 1190. The first-order valence-electron chi connectivity index (χ1n) is 7.70. The Hall–Kier alpha value is -3.06. The number of aromatic nitrogens is 6. The van der Waals surface area contributed by atoms with Crippen molar-refractivity contribution in [3.05, 3.63) is 71.6 Å². The van der Waals surface area contributed by atoms with Crippen molar-refractivity contribution in [1.82, 2.24) is 29.4 Å². The van der Waals surface area contributed by atoms with Gasteiger partial charge in [0.05, 0.1) is 17.3 Å². The number of halogens is 1. The third-order valence-corrected chi connectivity index (χ3v) is 4.61. The fourth-order valence-corrected chi connectivity index (χ4v) is 3.14. The Kier molecular flexibility index (Phi) is 3.14. The van der Waals surface area contributed by atoms with E-state index in [2.05, 4.69) is 36.2 Å². The fraction of sp³-hybridized carbons (Fsp3) is 0. The summed E-state index contributed by atoms with van der Waals surface area (Å²) in [6, 6.07) is 17.9. The molecule has 0 saturated carbocycles. The zero-order valence-electron chi connectivity index (χ0n) is 12.9. The topological polar surface area (TPSA) is 60.9 Å². The maximum absolute atomic E-state index is 4.60. The minimum atomic E-state index is 0.741. The van der Waals surface area contributed by atoms with E-state index >= 15 is 0 Å². The zero-order chi connectivity index (χ0) is 16.8. The van der Waals surface area contributed by atoms with Crippen LogP contribution in [-0.4, -0.2) is 29.4 Å². The molecule has 7 heteroatoms. The van der Waals surface area contributed by atoms with Gasteiger partial charge in [0, 0.05) is 10.0 Å². The molecule has 0 aliphatic heterocycles. The van der Waals surface area contributed by atoms with E-state index < -0.39 is 0 Å². The molecular weight excluding hydrogens is 380 g/mol. The molecule has 2 aromatic carbocycles. The number of benzene rings is 2. The lowest BCUT2D eigenvalue weighted by molar-refractivity contribution is 0.893. The minimum absolute atomic E-state index is 0.741. The molecule has 0 fully saturated rings. The molecule has 3 heterocycles. The molecule has 5 rings (SSSR count). The van der Waals surface area contributed by atoms with Crippen molar-refractivity contribution < 1.29 is 0 Å². The van der Waals surface area contributed by atoms with Crippen LogP contribution in [0.5, 0.6) is 0 Å². The van der Waals surface area contributed by atoms with Gasteiger partial charge >= 0.3 is 0 Å². The molecule has 0 atom stereocenters. The lowest BCUT2D eigenvalue weighted by Gasteiger charge is -2.03. The van der Waals surface area contributed by atoms with Crippen LogP contribution in [0.4, 0.5) is 0 Å². The van der Waals surface area contributed by atoms with Gasteiger partial charge in [0.2, 0.25) is 0 Å². The van der Waals surface area contributed by atoms with Gasteiger partial charge < -0.3 is 0 Å². The predicted molar refractivity (Wildman–Crippen MR) is 98.5 cm³/mol. The summed E-state index contributed by atoms with van der Waals surface area (Å²) < 4.78 is 4.72. The largest absolute Gasteiger partial charge is 0.265 e. The van der Waals surface area contributed by atoms with Crippen LogP contribution in [0.2, 0.25) is 0 Å². The van der Waals surface area contributed by atoms with Crippen molar-refractivity contribution in [3.8, 4) is 17.1 Å². The first-order chi connectivity index (χ1) is 12.3. The van der Waals surface area contributed by atoms with Gasteiger partial charge in [-0.3, -0.25) is 4.40 Å². The molecule has 0 spiro atoms. The SMILES string of the molecule is Brc1ccc(-c2nnc3c4cnn(-c5ccccc5)c4ncn23)cc1. The maximum atomic E-state index is 4.60. The average Bonchev–Trinajstić information content (AvgIpc) is 3.27. The lowest BCUT2D eigenvalue weighted by Crippen LogP contribution is -1.98. The molecule has 0 N–H and O–H groups in total. The van der Waals surface area contributed by atoms with Crippen molar-refractivity contribution in [2.45, 2.75) is 0 Å². The molecule has 0 unspecified atom stereocenters. The number of rotatable bonds is 2. The fourth-order valence-electron chi connectivity index (χ4n) is 2.87. The van der Waals surface area contributed by atoms with E-state index in [1.165, 1.54) is 0 Å². The van der Waals surface area contributed by atoms with Crippen molar-refractivity contribution in [1.29, 1.82) is 0 Å². The van der Waals surface area contributed by atoms with Gasteiger partial charge in [0.15, 0.2) is 17.1 Å². The van der Waals surface area contributed by atoms with Crippen molar-refractivity contribution in [3.63, 3.8) is 0 Å². The second-order valence-electron chi connectivity index (χ2n) is 5.60. The molecule has 25 heavy (non-hydrogen) atoms. The van der Waals surface area contributed by atoms with Crippen LogP contribution in [-0.2, 0) is 0 Å². The van der Waals surface area contributed by atoms with Gasteiger partial charge in [-0.15, -0.1) is 10.2 Å². The van der Waals surface area contributed by atoms with Crippen molar-refractivity contribution in [2.24, 2.45) is 0 Å². The van der Waals surface area contributed by atoms with Crippen LogP contribution in [0.3, 0.4) is 0 Å². The van der Waals surface area contributed by atoms with Crippen molar-refractivity contribution >= 4 is 32.6 Å². The Balaban J connectivity index is 1.73. The van der Waals surface area contributed by atoms with Crippen LogP contribution in [0.25, 0.3) is 33.8 Å². The quantitative estimate of drug-likeness (QED) is 0.458. The highest BCUT2D eigenvalue weighted by Crippen LogP contribution is 2.24. The summed E-state index contributed by atoms with van der Waals surface area (Å²) in [6.45, 7) is 0. The van der Waals surface area contributed by atoms with E-state index in [0.29, 0.717) is 0 Å². The average molecular weight is 391 g/mol. The smallest absolute Gasteiger partial charge is 0.175 e. The van der Waals surface area contributed by atoms with E-state index in [4.69, 9.17) is 0 Å². The molecule has 0 aliphatic rings. The van der Waals surface area contributed by atoms with Gasteiger partial charge in [-0.05, 0) is 24.3 Å². The summed E-state index contributed by atoms with van der Waals surface area (Å²) in [5.41, 5.74) is 3.44. The molecule has 3 aromatic heterocycles. The van der Waals surface area contributed by atoms with Gasteiger partial charge in [0.1, 0.15) is 6.33 Å². The zero-order valence-corrected chi connectivity index (χ0v) is 14.5. The third-order valence-electron chi connectivity index (χ3n) is 4.08. The van der Waals surface area contributed by atoms with Crippen molar-refractivity contribution in [2.75, 3.05) is 0 Å². The molecule has 0 bridgehead atoms. The van der Waals surface area contributed by atoms with Crippen LogP contribution < -0.4 is 0 Å². The van der Waals surface area contributed by atoms with Gasteiger partial charge in [-0.1, -0.05) is 46.3 Å². The van der Waals surface area contributed by atoms with Gasteiger partial charge in [0.25, 0.3) is 0 Å². The van der Waals surface area contributed by atoms with E-state index in [1.54, 1.807) is 12.5 Å². The Morgan fingerprint density at radius 3 is 2.44 bits per heavy atom. The second kappa shape index (κ2) is 5.49. The summed E-state index contributed by atoms with van der Waals surface area (Å²) in [5, 5.41) is 14.0. The van der Waals surface area contributed by atoms with Crippen LogP contribution in [0.15, 0.2) is 71.6 Å². The summed E-state index contributed by atoms with van der Waals surface area (Å²) >= 11 is 3.45. The monoisotopic (exact) mass is 390 g/mol. The Morgan fingerprint density at radius 2 is 1.64 bits per heavy atom. The normalized spacial score (nSPS) is 11.4. The van der Waals surface area contributed by atoms with E-state index in [1.807, 2.05) is 63.7 Å². The standard InChI is InChI=1S/C18H11BrN6/c19-13-8-6-12(7-9-13)16-22-23-18-15-10-21-25(14-4-2-1-3-5-14)17(15)20-11-24(16)18/h1-11H. The number of hydrogen-bond donors (Lipinski definition) is 0. The predicted octanol–water partition coefficient (Wildman–Crippen LogP) is 3.89. The first-order valence-corrected chi connectivity index (χ1v) is 8.49. The first kappa shape index (κ1) is 14.3. The summed E-state index contributed by atoms with van der Waals surface area (Å²) in [4.78, 5) is 4.60. The molecule has 0 radical (unpaired) electrons. The van der Waals surface area contributed by atoms with E-state index in [0.717, 1.165) is 38.2 Å². The summed E-state index contributed by atoms with van der Waals surface area (Å²) in [5.74, 6) is 0.754. The maximum Gasteiger partial charge on any atom is 0.175 e. The minimum Gasteiger partial charge on any atom is -0.265 e. The van der Waals surface area contributed by atoms with E-state index in [9.17, 15) is 0 Å². The molecule has 120 valence electrons. The summed E-state index contributed by atoms with van der Waals surface area (Å²) in [7, 11) is 0. The van der Waals surface area contributed by atoms with Crippen LogP contribution >= 0.6 is 15.9 Å². The van der Waals surface area contributed by atoms with Crippen LogP contribution in [0, 0.1) is 0 Å². The lowest BCUT2D eigenvalue weighted by atomic mass is 10.2. The van der Waals surface area contributed by atoms with Gasteiger partial charge in [-0.25, -0.2) is 9.67 Å². The highest BCUT2D eigenvalue weighted by Gasteiger charge is 2.15. The molecule has 0 amide bonds. The molecular formula is C18H11BrN6. The van der Waals surface area contributed by atoms with E-state index in [-0.39, 0.29) is 0 Å². The molecule has 6 nitrogen and oxygen atoms in total. The summed E-state index contributed by atoms with van der Waals surface area (Å²) in [6.07, 6.45) is 3.53. The van der Waals surface area contributed by atoms with Crippen LogP contribution in [0.1, 0.15) is 0 Å².